The second-order valence-electron chi connectivity index (χ2n) is 10.3. The zero-order valence-corrected chi connectivity index (χ0v) is 25.6. The maximum Gasteiger partial charge on any atom is 0.407 e. The third kappa shape index (κ3) is 6.22. The van der Waals surface area contributed by atoms with Crippen LogP contribution in [0.5, 0.6) is 5.75 Å². The number of para-hydroxylation sites is 1. The largest absolute Gasteiger partial charge is 0.495 e. The van der Waals surface area contributed by atoms with Gasteiger partial charge >= 0.3 is 6.09 Å². The Morgan fingerprint density at radius 2 is 1.84 bits per heavy atom. The topological polar surface area (TPSA) is 120 Å². The SMILES string of the molecule is COc1cc(-c2csc3c(/C=C/CNC(=O)OCc4ccccc4)cnc(N)c23)ccc1NC(=O)c1cc2ccccc2n1C. The fraction of sp³-hybridized carbons (Fsp3) is 0.114. The summed E-state index contributed by atoms with van der Waals surface area (Å²) in [7, 11) is 3.44. The summed E-state index contributed by atoms with van der Waals surface area (Å²) in [5.74, 6) is 0.699. The minimum atomic E-state index is -0.492. The Morgan fingerprint density at radius 1 is 1.04 bits per heavy atom. The molecule has 3 aromatic heterocycles. The minimum Gasteiger partial charge on any atom is -0.495 e. The Morgan fingerprint density at radius 3 is 2.64 bits per heavy atom. The van der Waals surface area contributed by atoms with Crippen LogP contribution in [0.25, 0.3) is 38.2 Å². The number of pyridine rings is 1. The van der Waals surface area contributed by atoms with Gasteiger partial charge in [-0.25, -0.2) is 9.78 Å². The highest BCUT2D eigenvalue weighted by atomic mass is 32.1. The lowest BCUT2D eigenvalue weighted by Crippen LogP contribution is -2.24. The molecule has 4 N–H and O–H groups in total. The van der Waals surface area contributed by atoms with E-state index in [-0.39, 0.29) is 12.5 Å². The van der Waals surface area contributed by atoms with Crippen LogP contribution < -0.4 is 21.1 Å². The molecule has 3 aromatic carbocycles. The molecule has 226 valence electrons. The highest BCUT2D eigenvalue weighted by Gasteiger charge is 2.18. The fourth-order valence-electron chi connectivity index (χ4n) is 5.18. The number of ether oxygens (including phenoxy) is 2. The first-order valence-corrected chi connectivity index (χ1v) is 15.1. The molecule has 0 atom stereocenters. The lowest BCUT2D eigenvalue weighted by atomic mass is 10.0. The number of methoxy groups -OCH3 is 1. The third-order valence-electron chi connectivity index (χ3n) is 7.47. The van der Waals surface area contributed by atoms with Crippen LogP contribution in [0.1, 0.15) is 21.6 Å². The maximum atomic E-state index is 13.2. The van der Waals surface area contributed by atoms with Crippen molar-refractivity contribution in [3.63, 3.8) is 0 Å². The Hall–Kier alpha value is -5.61. The van der Waals surface area contributed by atoms with Crippen molar-refractivity contribution in [3.05, 3.63) is 113 Å². The Labute approximate surface area is 263 Å². The molecular weight excluding hydrogens is 586 g/mol. The molecule has 0 fully saturated rings. The molecule has 0 aliphatic carbocycles. The van der Waals surface area contributed by atoms with Gasteiger partial charge in [0.2, 0.25) is 0 Å². The maximum absolute atomic E-state index is 13.2. The van der Waals surface area contributed by atoms with Crippen LogP contribution in [-0.2, 0) is 18.4 Å². The van der Waals surface area contributed by atoms with Crippen LogP contribution in [0.4, 0.5) is 16.3 Å². The quantitative estimate of drug-likeness (QED) is 0.157. The van der Waals surface area contributed by atoms with Gasteiger partial charge in [0.15, 0.2) is 0 Å². The summed E-state index contributed by atoms with van der Waals surface area (Å²) in [5.41, 5.74) is 12.0. The molecule has 9 nitrogen and oxygen atoms in total. The van der Waals surface area contributed by atoms with Crippen LogP contribution in [0.3, 0.4) is 0 Å². The van der Waals surface area contributed by atoms with E-state index in [1.54, 1.807) is 24.6 Å². The molecular formula is C35H31N5O4S. The summed E-state index contributed by atoms with van der Waals surface area (Å²) >= 11 is 1.55. The number of aromatic nitrogens is 2. The molecule has 3 heterocycles. The van der Waals surface area contributed by atoms with Gasteiger partial charge < -0.3 is 30.4 Å². The van der Waals surface area contributed by atoms with E-state index in [4.69, 9.17) is 15.2 Å². The van der Waals surface area contributed by atoms with E-state index in [0.717, 1.165) is 43.2 Å². The van der Waals surface area contributed by atoms with Gasteiger partial charge in [-0.15, -0.1) is 11.3 Å². The first-order chi connectivity index (χ1) is 21.9. The van der Waals surface area contributed by atoms with Gasteiger partial charge in [-0.1, -0.05) is 66.7 Å². The van der Waals surface area contributed by atoms with Crippen LogP contribution in [0, 0.1) is 0 Å². The van der Waals surface area contributed by atoms with Crippen molar-refractivity contribution in [2.75, 3.05) is 24.7 Å². The summed E-state index contributed by atoms with van der Waals surface area (Å²) in [5, 5.41) is 9.58. The van der Waals surface area contributed by atoms with Crippen LogP contribution >= 0.6 is 11.3 Å². The van der Waals surface area contributed by atoms with Crippen molar-refractivity contribution >= 4 is 61.9 Å². The number of nitrogens with two attached hydrogens (primary N) is 1. The van der Waals surface area contributed by atoms with E-state index in [1.165, 1.54) is 0 Å². The van der Waals surface area contributed by atoms with Gasteiger partial charge in [0.05, 0.1) is 12.8 Å². The molecule has 0 radical (unpaired) electrons. The molecule has 6 aromatic rings. The van der Waals surface area contributed by atoms with Gasteiger partial charge in [-0.3, -0.25) is 4.79 Å². The monoisotopic (exact) mass is 617 g/mol. The number of nitrogen functional groups attached to an aromatic ring is 1. The average Bonchev–Trinajstić information content (AvgIpc) is 3.66. The number of aryl methyl sites for hydroxylation is 1. The number of amides is 2. The lowest BCUT2D eigenvalue weighted by molar-refractivity contribution is 0.101. The summed E-state index contributed by atoms with van der Waals surface area (Å²) in [6, 6.07) is 24.9. The van der Waals surface area contributed by atoms with E-state index >= 15 is 0 Å². The number of carbonyl (C=O) groups excluding carboxylic acids is 2. The number of fused-ring (bicyclic) bond motifs is 2. The predicted molar refractivity (Wildman–Crippen MR) is 181 cm³/mol. The Kier molecular flexibility index (Phi) is 8.47. The predicted octanol–water partition coefficient (Wildman–Crippen LogP) is 7.24. The molecule has 0 aliphatic rings. The Bertz CT molecular complexity index is 2050. The molecule has 45 heavy (non-hydrogen) atoms. The number of alkyl carbamates (subject to hydrolysis) is 1. The minimum absolute atomic E-state index is 0.208. The molecule has 0 aliphatic heterocycles. The highest BCUT2D eigenvalue weighted by Crippen LogP contribution is 2.41. The molecule has 6 rings (SSSR count). The summed E-state index contributed by atoms with van der Waals surface area (Å²) in [4.78, 5) is 29.7. The van der Waals surface area contributed by atoms with Gasteiger partial charge in [0.25, 0.3) is 5.91 Å². The number of benzene rings is 3. The Balaban J connectivity index is 1.17. The number of rotatable bonds is 9. The average molecular weight is 618 g/mol. The normalized spacial score (nSPS) is 11.2. The number of nitrogens with zero attached hydrogens (tertiary/aromatic N) is 2. The van der Waals surface area contributed by atoms with Crippen molar-refractivity contribution in [3.8, 4) is 16.9 Å². The molecule has 0 unspecified atom stereocenters. The number of hydrogen-bond acceptors (Lipinski definition) is 7. The van der Waals surface area contributed by atoms with Crippen molar-refractivity contribution in [2.45, 2.75) is 6.61 Å². The van der Waals surface area contributed by atoms with E-state index in [1.807, 2.05) is 108 Å². The summed E-state index contributed by atoms with van der Waals surface area (Å²) in [6.07, 6.45) is 4.97. The molecule has 0 saturated heterocycles. The van der Waals surface area contributed by atoms with Crippen LogP contribution in [-0.4, -0.2) is 35.2 Å². The number of anilines is 2. The third-order valence-corrected chi connectivity index (χ3v) is 8.50. The second kappa shape index (κ2) is 12.9. The molecule has 10 heteroatoms. The van der Waals surface area contributed by atoms with Crippen LogP contribution in [0.15, 0.2) is 96.5 Å². The van der Waals surface area contributed by atoms with E-state index < -0.39 is 6.09 Å². The standard InChI is InChI=1S/C35H31N5O4S/c1-40-28-13-7-6-11-24(28)17-29(40)34(41)39-27-15-14-23(18-30(27)43-2)26-21-45-32-25(19-38-33(36)31(26)32)12-8-16-37-35(42)44-20-22-9-4-3-5-10-22/h3-15,17-19,21H,16,20H2,1-2H3,(H2,36,38)(H,37,42)(H,39,41)/b12-8+. The number of hydrogen-bond donors (Lipinski definition) is 3. The summed E-state index contributed by atoms with van der Waals surface area (Å²) < 4.78 is 13.8. The van der Waals surface area contributed by atoms with E-state index in [2.05, 4.69) is 15.6 Å². The van der Waals surface area contributed by atoms with Gasteiger partial charge in [0, 0.05) is 51.9 Å². The van der Waals surface area contributed by atoms with Crippen molar-refractivity contribution in [1.29, 1.82) is 0 Å². The molecule has 2 amide bonds. The molecule has 0 bridgehead atoms. The zero-order chi connectivity index (χ0) is 31.3. The molecule has 0 saturated carbocycles. The van der Waals surface area contributed by atoms with E-state index in [0.29, 0.717) is 29.5 Å². The van der Waals surface area contributed by atoms with Crippen LogP contribution in [0.2, 0.25) is 0 Å². The first-order valence-electron chi connectivity index (χ1n) is 14.2. The van der Waals surface area contributed by atoms with Crippen molar-refractivity contribution < 1.29 is 19.1 Å². The lowest BCUT2D eigenvalue weighted by Gasteiger charge is -2.13. The van der Waals surface area contributed by atoms with Crippen molar-refractivity contribution in [1.82, 2.24) is 14.9 Å². The van der Waals surface area contributed by atoms with Gasteiger partial charge in [0.1, 0.15) is 23.9 Å². The van der Waals surface area contributed by atoms with Crippen molar-refractivity contribution in [2.24, 2.45) is 7.05 Å². The zero-order valence-electron chi connectivity index (χ0n) is 24.7. The number of nitrogens with one attached hydrogen (secondary N) is 2. The van der Waals surface area contributed by atoms with Gasteiger partial charge in [-0.2, -0.15) is 0 Å². The first kappa shape index (κ1) is 29.5. The number of thiophene rings is 1. The smallest absolute Gasteiger partial charge is 0.407 e. The van der Waals surface area contributed by atoms with Gasteiger partial charge in [-0.05, 0) is 40.8 Å². The number of carbonyl (C=O) groups is 2. The second-order valence-corrected chi connectivity index (χ2v) is 11.2. The highest BCUT2D eigenvalue weighted by molar-refractivity contribution is 7.18. The summed E-state index contributed by atoms with van der Waals surface area (Å²) in [6.45, 7) is 0.500. The fourth-order valence-corrected chi connectivity index (χ4v) is 6.25. The molecule has 0 spiro atoms. The van der Waals surface area contributed by atoms with E-state index in [9.17, 15) is 9.59 Å².